The van der Waals surface area contributed by atoms with E-state index in [1.807, 2.05) is 6.08 Å². The minimum atomic E-state index is -1.37. The maximum absolute atomic E-state index is 12.1. The Bertz CT molecular complexity index is 1580. The molecule has 7 heterocycles. The Morgan fingerprint density at radius 1 is 0.967 bits per heavy atom. The third-order valence-electron chi connectivity index (χ3n) is 15.2. The van der Waals surface area contributed by atoms with Crippen LogP contribution in [0.5, 0.6) is 0 Å². The molecule has 1 N–H and O–H groups in total. The van der Waals surface area contributed by atoms with Crippen molar-refractivity contribution in [2.24, 2.45) is 17.8 Å². The van der Waals surface area contributed by atoms with Crippen molar-refractivity contribution in [3.8, 4) is 0 Å². The number of carbonyl (C=O) groups is 1. The normalized spacial score (nSPS) is 43.2. The van der Waals surface area contributed by atoms with E-state index in [9.17, 15) is 9.90 Å². The quantitative estimate of drug-likeness (QED) is 0.170. The van der Waals surface area contributed by atoms with Gasteiger partial charge in [0.2, 0.25) is 5.79 Å². The van der Waals surface area contributed by atoms with Gasteiger partial charge in [-0.15, -0.1) is 0 Å². The number of rotatable bonds is 14. The lowest BCUT2D eigenvalue weighted by molar-refractivity contribution is -0.324. The zero-order chi connectivity index (χ0) is 43.7. The fourth-order valence-electron chi connectivity index (χ4n) is 11.4. The number of carboxylic acid groups (broad SMARTS) is 1. The summed E-state index contributed by atoms with van der Waals surface area (Å²) >= 11 is 0. The molecule has 7 aliphatic rings. The first kappa shape index (κ1) is 47.2. The molecule has 0 aromatic rings. The van der Waals surface area contributed by atoms with Crippen LogP contribution in [0.25, 0.3) is 0 Å². The smallest absolute Gasteiger partial charge is 0.335 e. The first-order chi connectivity index (χ1) is 29.1. The number of hydrogen-bond donors (Lipinski definition) is 1. The Hall–Kier alpha value is -1.75. The highest BCUT2D eigenvalue weighted by atomic mass is 16.7. The van der Waals surface area contributed by atoms with Crippen LogP contribution in [0, 0.1) is 17.8 Å². The average Bonchev–Trinajstić information content (AvgIpc) is 3.64. The molecule has 0 radical (unpaired) electrons. The van der Waals surface area contributed by atoms with Crippen molar-refractivity contribution in [1.29, 1.82) is 0 Å². The molecule has 17 atom stereocenters. The molecule has 3 spiro atoms. The number of aliphatic carboxylic acids is 1. The zero-order valence-electron chi connectivity index (χ0n) is 38.4. The zero-order valence-corrected chi connectivity index (χ0v) is 38.4. The molecule has 6 fully saturated rings. The van der Waals surface area contributed by atoms with Crippen molar-refractivity contribution in [1.82, 2.24) is 0 Å². The summed E-state index contributed by atoms with van der Waals surface area (Å²) in [7, 11) is 6.58. The van der Waals surface area contributed by atoms with E-state index in [1.165, 1.54) is 7.11 Å². The number of carboxylic acids is 1. The molecule has 0 unspecified atom stereocenters. The predicted molar refractivity (Wildman–Crippen MR) is 227 cm³/mol. The van der Waals surface area contributed by atoms with Crippen LogP contribution >= 0.6 is 0 Å². The van der Waals surface area contributed by atoms with Gasteiger partial charge in [0.15, 0.2) is 17.2 Å². The first-order valence-electron chi connectivity index (χ1n) is 23.2. The topological polar surface area (TPSA) is 139 Å². The lowest BCUT2D eigenvalue weighted by atomic mass is 9.79. The second kappa shape index (κ2) is 19.4. The van der Waals surface area contributed by atoms with Crippen LogP contribution in [0.1, 0.15) is 125 Å². The molecule has 7 aliphatic heterocycles. The first-order valence-corrected chi connectivity index (χ1v) is 23.2. The summed E-state index contributed by atoms with van der Waals surface area (Å²) in [5, 5.41) is 9.87. The number of hydrogen-bond acceptors (Lipinski definition) is 12. The molecule has 6 saturated heterocycles. The SMILES string of the molecule is C=C1[C@@H](OC)[C@@H]2O[C@]3(CC[C@H](C=C[C@@H](C)[C@@H]4CC(C)=C[C@@]5(O[C@H](C[C@@](C)(OC)C(=O)O)CC[C@H]5OC)O4)O3)CC[C@H]2O[C@@H]1[C@H](C[C@H](C)[C@H]1O[C@@]2(CCCCO2)CC[C@H]1C)OC. The van der Waals surface area contributed by atoms with Crippen molar-refractivity contribution < 1.29 is 62.0 Å². The summed E-state index contributed by atoms with van der Waals surface area (Å²) in [6.07, 6.45) is 15.3. The molecule has 0 aliphatic carbocycles. The fraction of sp³-hybridized carbons (Fsp3) is 0.854. The van der Waals surface area contributed by atoms with Gasteiger partial charge >= 0.3 is 5.97 Å². The summed E-state index contributed by atoms with van der Waals surface area (Å²) in [6, 6.07) is 0. The second-order valence-electron chi connectivity index (χ2n) is 19.7. The Morgan fingerprint density at radius 3 is 2.43 bits per heavy atom. The van der Waals surface area contributed by atoms with E-state index in [4.69, 9.17) is 52.1 Å². The van der Waals surface area contributed by atoms with Gasteiger partial charge in [-0.05, 0) is 95.1 Å². The predicted octanol–water partition coefficient (Wildman–Crippen LogP) is 7.83. The molecule has 0 aromatic carbocycles. The molecule has 61 heavy (non-hydrogen) atoms. The average molecular weight is 861 g/mol. The lowest BCUT2D eigenvalue weighted by Gasteiger charge is -2.51. The van der Waals surface area contributed by atoms with Gasteiger partial charge in [-0.1, -0.05) is 45.1 Å². The van der Waals surface area contributed by atoms with E-state index in [2.05, 4.69) is 46.4 Å². The van der Waals surface area contributed by atoms with Crippen LogP contribution in [0.15, 0.2) is 36.0 Å². The molecule has 0 saturated carbocycles. The number of fused-ring (bicyclic) bond motifs is 1. The third-order valence-corrected chi connectivity index (χ3v) is 15.2. The highest BCUT2D eigenvalue weighted by molar-refractivity contribution is 5.76. The Labute approximate surface area is 364 Å². The summed E-state index contributed by atoms with van der Waals surface area (Å²) < 4.78 is 70.8. The van der Waals surface area contributed by atoms with Crippen LogP contribution in [-0.2, 0) is 56.9 Å². The van der Waals surface area contributed by atoms with Gasteiger partial charge in [-0.25, -0.2) is 4.79 Å². The highest BCUT2D eigenvalue weighted by Crippen LogP contribution is 2.48. The molecule has 7 rings (SSSR count). The monoisotopic (exact) mass is 861 g/mol. The Balaban J connectivity index is 0.955. The Morgan fingerprint density at radius 2 is 1.74 bits per heavy atom. The van der Waals surface area contributed by atoms with E-state index >= 15 is 0 Å². The van der Waals surface area contributed by atoms with Crippen LogP contribution < -0.4 is 0 Å². The molecular weight excluding hydrogens is 785 g/mol. The second-order valence-corrected chi connectivity index (χ2v) is 19.7. The number of methoxy groups -OCH3 is 4. The largest absolute Gasteiger partial charge is 0.479 e. The van der Waals surface area contributed by atoms with Gasteiger partial charge in [0.25, 0.3) is 0 Å². The third kappa shape index (κ3) is 9.93. The van der Waals surface area contributed by atoms with Crippen LogP contribution in [0.3, 0.4) is 0 Å². The van der Waals surface area contributed by atoms with Crippen LogP contribution in [0.4, 0.5) is 0 Å². The van der Waals surface area contributed by atoms with Gasteiger partial charge in [0.05, 0.1) is 43.2 Å². The highest BCUT2D eigenvalue weighted by Gasteiger charge is 2.56. The lowest BCUT2D eigenvalue weighted by Crippen LogP contribution is -2.60. The van der Waals surface area contributed by atoms with Crippen molar-refractivity contribution in [3.05, 3.63) is 36.0 Å². The van der Waals surface area contributed by atoms with Gasteiger partial charge in [-0.3, -0.25) is 0 Å². The molecule has 0 amide bonds. The molecule has 346 valence electrons. The summed E-state index contributed by atoms with van der Waals surface area (Å²) in [5.41, 5.74) is 0.605. The van der Waals surface area contributed by atoms with Gasteiger partial charge in [0.1, 0.15) is 24.4 Å². The minimum Gasteiger partial charge on any atom is -0.479 e. The standard InChI is InChI=1S/C48H76O13/c1-29-25-37(59-48(27-29)39(52-8)16-15-35(58-48)28-45(6,54-10)44(49)50)30(2)13-14-34-18-22-47(57-34)23-19-36-43(61-47)42(53-9)33(5)41(56-36)38(51-7)26-32(4)40-31(3)17-21-46(60-40)20-11-12-24-55-46/h13-14,27,30-32,34-43H,5,11-12,15-26,28H2,1-4,6-10H3,(H,49,50)/t30-,31-,32+,34+,35+,36-,37+,38+,39-,40+,41+,42-,43-,45-,46+,47-,48-/m1/s1. The summed E-state index contributed by atoms with van der Waals surface area (Å²) in [5.74, 6) is -2.63. The van der Waals surface area contributed by atoms with E-state index in [0.29, 0.717) is 25.2 Å². The maximum atomic E-state index is 12.1. The minimum absolute atomic E-state index is 0.0259. The molecule has 13 heteroatoms. The molecular formula is C48H76O13. The molecule has 13 nitrogen and oxygen atoms in total. The van der Waals surface area contributed by atoms with Crippen molar-refractivity contribution in [2.75, 3.05) is 35.0 Å². The van der Waals surface area contributed by atoms with Crippen molar-refractivity contribution in [2.45, 2.75) is 209 Å². The maximum Gasteiger partial charge on any atom is 0.335 e. The summed E-state index contributed by atoms with van der Waals surface area (Å²) in [6.45, 7) is 15.7. The van der Waals surface area contributed by atoms with Crippen molar-refractivity contribution >= 4 is 5.97 Å². The molecule has 0 bridgehead atoms. The number of ether oxygens (including phenoxy) is 11. The Kier molecular flexibility index (Phi) is 15.0. The van der Waals surface area contributed by atoms with E-state index < -0.39 is 28.9 Å². The van der Waals surface area contributed by atoms with Gasteiger partial charge in [0, 0.05) is 66.5 Å². The van der Waals surface area contributed by atoms with Crippen LogP contribution in [0.2, 0.25) is 0 Å². The van der Waals surface area contributed by atoms with Gasteiger partial charge < -0.3 is 57.2 Å². The van der Waals surface area contributed by atoms with Crippen molar-refractivity contribution in [3.63, 3.8) is 0 Å². The van der Waals surface area contributed by atoms with E-state index in [-0.39, 0.29) is 79.3 Å². The van der Waals surface area contributed by atoms with Crippen LogP contribution in [-0.4, -0.2) is 130 Å². The van der Waals surface area contributed by atoms with E-state index in [0.717, 1.165) is 82.0 Å². The molecule has 0 aromatic heterocycles. The van der Waals surface area contributed by atoms with Gasteiger partial charge in [-0.2, -0.15) is 0 Å². The summed E-state index contributed by atoms with van der Waals surface area (Å²) in [4.78, 5) is 12.1. The fourth-order valence-corrected chi connectivity index (χ4v) is 11.4. The van der Waals surface area contributed by atoms with E-state index in [1.54, 1.807) is 28.3 Å².